The summed E-state index contributed by atoms with van der Waals surface area (Å²) in [6.45, 7) is 4.42. The molecule has 2 aromatic carbocycles. The van der Waals surface area contributed by atoms with Gasteiger partial charge in [0, 0.05) is 0 Å². The lowest BCUT2D eigenvalue weighted by Crippen LogP contribution is -2.36. The second-order valence-corrected chi connectivity index (χ2v) is 12.4. The van der Waals surface area contributed by atoms with Crippen molar-refractivity contribution in [3.8, 4) is 16.9 Å². The van der Waals surface area contributed by atoms with Gasteiger partial charge in [-0.15, -0.1) is 0 Å². The molecule has 1 unspecified atom stereocenters. The Bertz CT molecular complexity index is 1040. The largest absolute Gasteiger partial charge is 0.489 e. The molecule has 0 radical (unpaired) electrons. The van der Waals surface area contributed by atoms with Gasteiger partial charge in [0.2, 0.25) is 0 Å². The number of hydrogen-bond donors (Lipinski definition) is 0. The van der Waals surface area contributed by atoms with Crippen molar-refractivity contribution in [2.75, 3.05) is 0 Å². The molecular weight excluding hydrogens is 481 g/mol. The standard InChI is InChI=1S/C34H45F3O/c1-3-5-23-7-11-25(12-8-23)26-15-17-28(18-16-26)32-20-19-29-21-30(22-31(33(29)38-32)34(35,36)37)27-13-9-24(6-4-2)10-14-27/h9-10,13-14,21-23,25-26,28,32H,3-8,11-12,15-20H2,1-2H3. The van der Waals surface area contributed by atoms with Crippen LogP contribution in [0.3, 0.4) is 0 Å². The van der Waals surface area contributed by atoms with Crippen LogP contribution in [0.5, 0.6) is 5.75 Å². The van der Waals surface area contributed by atoms with Crippen molar-refractivity contribution < 1.29 is 17.9 Å². The average Bonchev–Trinajstić information content (AvgIpc) is 2.93. The van der Waals surface area contributed by atoms with Crippen molar-refractivity contribution in [1.82, 2.24) is 0 Å². The van der Waals surface area contributed by atoms with E-state index >= 15 is 0 Å². The van der Waals surface area contributed by atoms with Gasteiger partial charge in [-0.2, -0.15) is 13.2 Å². The molecule has 2 fully saturated rings. The number of rotatable bonds is 7. The van der Waals surface area contributed by atoms with Crippen LogP contribution in [0.4, 0.5) is 13.2 Å². The van der Waals surface area contributed by atoms with E-state index in [0.717, 1.165) is 55.4 Å². The minimum absolute atomic E-state index is 0.0935. The zero-order valence-electron chi connectivity index (χ0n) is 23.3. The lowest BCUT2D eigenvalue weighted by Gasteiger charge is -2.41. The molecule has 38 heavy (non-hydrogen) atoms. The third-order valence-corrected chi connectivity index (χ3v) is 9.86. The highest BCUT2D eigenvalue weighted by atomic mass is 19.4. The highest BCUT2D eigenvalue weighted by Gasteiger charge is 2.40. The number of alkyl halides is 3. The van der Waals surface area contributed by atoms with Gasteiger partial charge in [0.25, 0.3) is 0 Å². The SMILES string of the molecule is CCCc1ccc(-c2cc3c(c(C(F)(F)F)c2)OC(C2CCC(C4CCC(CCC)CC4)CC2)CC3)cc1. The molecule has 1 nitrogen and oxygen atoms in total. The van der Waals surface area contributed by atoms with E-state index in [1.54, 1.807) is 0 Å². The molecule has 3 aliphatic rings. The zero-order chi connectivity index (χ0) is 26.7. The molecule has 0 aromatic heterocycles. The summed E-state index contributed by atoms with van der Waals surface area (Å²) in [5.41, 5.74) is 2.79. The van der Waals surface area contributed by atoms with Crippen molar-refractivity contribution in [1.29, 1.82) is 0 Å². The molecule has 208 valence electrons. The molecule has 0 saturated heterocycles. The molecule has 2 aromatic rings. The Labute approximate surface area is 227 Å². The first-order chi connectivity index (χ1) is 18.4. The Hall–Kier alpha value is -1.97. The normalized spacial score (nSPS) is 28.0. The molecule has 2 saturated carbocycles. The molecular formula is C34H45F3O. The van der Waals surface area contributed by atoms with E-state index in [1.165, 1.54) is 63.0 Å². The van der Waals surface area contributed by atoms with E-state index in [4.69, 9.17) is 4.74 Å². The zero-order valence-corrected chi connectivity index (χ0v) is 23.3. The number of hydrogen-bond acceptors (Lipinski definition) is 1. The van der Waals surface area contributed by atoms with Gasteiger partial charge >= 0.3 is 6.18 Å². The Morgan fingerprint density at radius 3 is 1.97 bits per heavy atom. The molecule has 1 aliphatic heterocycles. The number of halogens is 3. The summed E-state index contributed by atoms with van der Waals surface area (Å²) in [4.78, 5) is 0. The van der Waals surface area contributed by atoms with Gasteiger partial charge in [-0.1, -0.05) is 70.2 Å². The van der Waals surface area contributed by atoms with Crippen molar-refractivity contribution in [2.24, 2.45) is 23.7 Å². The fourth-order valence-electron chi connectivity index (χ4n) is 7.73. The van der Waals surface area contributed by atoms with Crippen LogP contribution >= 0.6 is 0 Å². The van der Waals surface area contributed by atoms with Crippen molar-refractivity contribution >= 4 is 0 Å². The first-order valence-electron chi connectivity index (χ1n) is 15.4. The number of ether oxygens (including phenoxy) is 1. The molecule has 5 rings (SSSR count). The highest BCUT2D eigenvalue weighted by molar-refractivity contribution is 5.68. The lowest BCUT2D eigenvalue weighted by atomic mass is 9.67. The van der Waals surface area contributed by atoms with Crippen LogP contribution in [0.15, 0.2) is 36.4 Å². The summed E-state index contributed by atoms with van der Waals surface area (Å²) in [7, 11) is 0. The predicted molar refractivity (Wildman–Crippen MR) is 149 cm³/mol. The predicted octanol–water partition coefficient (Wildman–Crippen LogP) is 10.4. The summed E-state index contributed by atoms with van der Waals surface area (Å²) in [5.74, 6) is 3.08. The van der Waals surface area contributed by atoms with Crippen LogP contribution in [0, 0.1) is 23.7 Å². The topological polar surface area (TPSA) is 9.23 Å². The lowest BCUT2D eigenvalue weighted by molar-refractivity contribution is -0.139. The average molecular weight is 527 g/mol. The Kier molecular flexibility index (Phi) is 8.75. The molecule has 2 aliphatic carbocycles. The van der Waals surface area contributed by atoms with Crippen molar-refractivity contribution in [3.05, 3.63) is 53.1 Å². The maximum Gasteiger partial charge on any atom is 0.419 e. The van der Waals surface area contributed by atoms with Gasteiger partial charge in [-0.3, -0.25) is 0 Å². The summed E-state index contributed by atoms with van der Waals surface area (Å²) >= 11 is 0. The van der Waals surface area contributed by atoms with E-state index < -0.39 is 11.7 Å². The van der Waals surface area contributed by atoms with Gasteiger partial charge in [0.1, 0.15) is 11.9 Å². The monoisotopic (exact) mass is 526 g/mol. The van der Waals surface area contributed by atoms with Gasteiger partial charge in [-0.25, -0.2) is 0 Å². The van der Waals surface area contributed by atoms with Crippen molar-refractivity contribution in [3.63, 3.8) is 0 Å². The molecule has 0 bridgehead atoms. The number of benzene rings is 2. The Morgan fingerprint density at radius 1 is 0.737 bits per heavy atom. The number of fused-ring (bicyclic) bond motifs is 1. The number of aryl methyl sites for hydroxylation is 2. The smallest absolute Gasteiger partial charge is 0.419 e. The van der Waals surface area contributed by atoms with Crippen LogP contribution in [0.1, 0.15) is 108 Å². The van der Waals surface area contributed by atoms with Crippen molar-refractivity contribution in [2.45, 2.75) is 116 Å². The fourth-order valence-corrected chi connectivity index (χ4v) is 7.73. The van der Waals surface area contributed by atoms with Crippen LogP contribution in [-0.4, -0.2) is 6.10 Å². The molecule has 0 N–H and O–H groups in total. The van der Waals surface area contributed by atoms with Crippen LogP contribution in [-0.2, 0) is 19.0 Å². The molecule has 1 heterocycles. The minimum atomic E-state index is -4.43. The second-order valence-electron chi connectivity index (χ2n) is 12.4. The summed E-state index contributed by atoms with van der Waals surface area (Å²) in [6, 6.07) is 11.2. The first kappa shape index (κ1) is 27.6. The maximum absolute atomic E-state index is 14.3. The van der Waals surface area contributed by atoms with E-state index in [9.17, 15) is 13.2 Å². The third kappa shape index (κ3) is 6.26. The quantitative estimate of drug-likeness (QED) is 0.349. The molecule has 1 atom stereocenters. The van der Waals surface area contributed by atoms with Crippen LogP contribution < -0.4 is 4.74 Å². The second kappa shape index (κ2) is 12.0. The van der Waals surface area contributed by atoms with E-state index in [1.807, 2.05) is 30.3 Å². The van der Waals surface area contributed by atoms with E-state index in [0.29, 0.717) is 23.5 Å². The highest BCUT2D eigenvalue weighted by Crippen LogP contribution is 2.47. The van der Waals surface area contributed by atoms with E-state index in [2.05, 4.69) is 13.8 Å². The first-order valence-corrected chi connectivity index (χ1v) is 15.4. The van der Waals surface area contributed by atoms with Crippen LogP contribution in [0.25, 0.3) is 11.1 Å². The molecule has 0 spiro atoms. The Balaban J connectivity index is 1.26. The van der Waals surface area contributed by atoms with Gasteiger partial charge in [-0.05, 0) is 116 Å². The molecule has 4 heteroatoms. The molecule has 0 amide bonds. The van der Waals surface area contributed by atoms with Gasteiger partial charge < -0.3 is 4.74 Å². The minimum Gasteiger partial charge on any atom is -0.489 e. The van der Waals surface area contributed by atoms with E-state index in [-0.39, 0.29) is 11.9 Å². The fraction of sp³-hybridized carbons (Fsp3) is 0.647. The van der Waals surface area contributed by atoms with Crippen LogP contribution in [0.2, 0.25) is 0 Å². The maximum atomic E-state index is 14.3. The van der Waals surface area contributed by atoms with Gasteiger partial charge in [0.05, 0.1) is 5.56 Å². The summed E-state index contributed by atoms with van der Waals surface area (Å²) in [6.07, 6.45) is 11.9. The third-order valence-electron chi connectivity index (χ3n) is 9.86. The summed E-state index contributed by atoms with van der Waals surface area (Å²) < 4.78 is 49.0. The van der Waals surface area contributed by atoms with Gasteiger partial charge in [0.15, 0.2) is 0 Å². The summed E-state index contributed by atoms with van der Waals surface area (Å²) in [5, 5.41) is 0. The Morgan fingerprint density at radius 2 is 1.37 bits per heavy atom.